The quantitative estimate of drug-likeness (QED) is 0.766. The minimum atomic E-state index is -4.46. The standard InChI is InChI=1S/C8H7F3N2O2/c1-15-13-7(14)6-3-2-5(4-12-6)8(9,10)11/h2-4H,1H3,(H,13,14). The molecule has 1 amide bonds. The molecule has 1 heterocycles. The third-order valence-corrected chi connectivity index (χ3v) is 1.52. The molecule has 7 heteroatoms. The van der Waals surface area contributed by atoms with Crippen LogP contribution < -0.4 is 5.48 Å². The van der Waals surface area contributed by atoms with E-state index < -0.39 is 17.6 Å². The van der Waals surface area contributed by atoms with Crippen molar-refractivity contribution in [1.82, 2.24) is 10.5 Å². The Balaban J connectivity index is 2.86. The zero-order valence-corrected chi connectivity index (χ0v) is 7.63. The Kier molecular flexibility index (Phi) is 3.25. The molecule has 0 saturated carbocycles. The van der Waals surface area contributed by atoms with Crippen molar-refractivity contribution in [3.63, 3.8) is 0 Å². The molecule has 0 spiro atoms. The molecule has 0 radical (unpaired) electrons. The van der Waals surface area contributed by atoms with E-state index in [2.05, 4.69) is 9.82 Å². The lowest BCUT2D eigenvalue weighted by atomic mass is 10.2. The van der Waals surface area contributed by atoms with E-state index in [0.717, 1.165) is 12.1 Å². The van der Waals surface area contributed by atoms with Crippen LogP contribution >= 0.6 is 0 Å². The highest BCUT2D eigenvalue weighted by atomic mass is 19.4. The topological polar surface area (TPSA) is 51.2 Å². The molecule has 0 aromatic carbocycles. The third-order valence-electron chi connectivity index (χ3n) is 1.52. The smallest absolute Gasteiger partial charge is 0.277 e. The Hall–Kier alpha value is -1.63. The summed E-state index contributed by atoms with van der Waals surface area (Å²) >= 11 is 0. The van der Waals surface area contributed by atoms with Gasteiger partial charge in [-0.2, -0.15) is 13.2 Å². The van der Waals surface area contributed by atoms with Crippen molar-refractivity contribution in [3.8, 4) is 0 Å². The minimum absolute atomic E-state index is 0.148. The molecule has 0 bridgehead atoms. The van der Waals surface area contributed by atoms with Crippen molar-refractivity contribution in [2.45, 2.75) is 6.18 Å². The van der Waals surface area contributed by atoms with Gasteiger partial charge in [0.05, 0.1) is 12.7 Å². The van der Waals surface area contributed by atoms with Crippen molar-refractivity contribution in [2.24, 2.45) is 0 Å². The van der Waals surface area contributed by atoms with Gasteiger partial charge in [-0.3, -0.25) is 14.6 Å². The zero-order valence-electron chi connectivity index (χ0n) is 7.63. The summed E-state index contributed by atoms with van der Waals surface area (Å²) in [6.07, 6.45) is -3.87. The van der Waals surface area contributed by atoms with Gasteiger partial charge in [-0.1, -0.05) is 0 Å². The molecule has 0 atom stereocenters. The van der Waals surface area contributed by atoms with Crippen molar-refractivity contribution >= 4 is 5.91 Å². The number of carbonyl (C=O) groups is 1. The Bertz CT molecular complexity index is 348. The highest BCUT2D eigenvalue weighted by Crippen LogP contribution is 2.28. The van der Waals surface area contributed by atoms with Crippen LogP contribution in [-0.2, 0) is 11.0 Å². The van der Waals surface area contributed by atoms with Gasteiger partial charge in [0.2, 0.25) is 0 Å². The fourth-order valence-corrected chi connectivity index (χ4v) is 0.841. The number of aromatic nitrogens is 1. The summed E-state index contributed by atoms with van der Waals surface area (Å²) in [5.41, 5.74) is 0.883. The lowest BCUT2D eigenvalue weighted by molar-refractivity contribution is -0.137. The molecule has 1 rings (SSSR count). The van der Waals surface area contributed by atoms with E-state index in [1.54, 1.807) is 0 Å². The Morgan fingerprint density at radius 3 is 2.53 bits per heavy atom. The van der Waals surface area contributed by atoms with Gasteiger partial charge in [-0.25, -0.2) is 5.48 Å². The Labute approximate surface area is 83.0 Å². The molecule has 0 fully saturated rings. The molecule has 0 aliphatic heterocycles. The van der Waals surface area contributed by atoms with E-state index >= 15 is 0 Å². The van der Waals surface area contributed by atoms with Crippen molar-refractivity contribution in [3.05, 3.63) is 29.6 Å². The van der Waals surface area contributed by atoms with E-state index in [1.807, 2.05) is 5.48 Å². The number of rotatable bonds is 2. The second kappa shape index (κ2) is 4.26. The van der Waals surface area contributed by atoms with Crippen LogP contribution in [0.5, 0.6) is 0 Å². The van der Waals surface area contributed by atoms with Crippen LogP contribution in [0.1, 0.15) is 16.1 Å². The Morgan fingerprint density at radius 2 is 2.13 bits per heavy atom. The van der Waals surface area contributed by atoms with Crippen molar-refractivity contribution < 1.29 is 22.8 Å². The molecule has 15 heavy (non-hydrogen) atoms. The molecular weight excluding hydrogens is 213 g/mol. The van der Waals surface area contributed by atoms with Crippen LogP contribution in [-0.4, -0.2) is 18.0 Å². The lowest BCUT2D eigenvalue weighted by Crippen LogP contribution is -2.23. The van der Waals surface area contributed by atoms with Crippen LogP contribution in [0.4, 0.5) is 13.2 Å². The summed E-state index contributed by atoms with van der Waals surface area (Å²) in [5.74, 6) is -0.703. The molecule has 0 unspecified atom stereocenters. The van der Waals surface area contributed by atoms with E-state index in [4.69, 9.17) is 0 Å². The van der Waals surface area contributed by atoms with Crippen molar-refractivity contribution in [2.75, 3.05) is 7.11 Å². The summed E-state index contributed by atoms with van der Waals surface area (Å²) in [6, 6.07) is 1.74. The summed E-state index contributed by atoms with van der Waals surface area (Å²) in [7, 11) is 1.21. The predicted molar refractivity (Wildman–Crippen MR) is 43.7 cm³/mol. The molecule has 0 aliphatic rings. The maximum Gasteiger partial charge on any atom is 0.417 e. The first-order valence-corrected chi connectivity index (χ1v) is 3.81. The Morgan fingerprint density at radius 1 is 1.47 bits per heavy atom. The van der Waals surface area contributed by atoms with Crippen LogP contribution in [0.2, 0.25) is 0 Å². The molecule has 0 aliphatic carbocycles. The number of carbonyl (C=O) groups excluding carboxylic acids is 1. The summed E-state index contributed by atoms with van der Waals surface area (Å²) in [4.78, 5) is 18.7. The van der Waals surface area contributed by atoms with Gasteiger partial charge in [0.1, 0.15) is 5.69 Å². The first-order valence-electron chi connectivity index (χ1n) is 3.81. The largest absolute Gasteiger partial charge is 0.417 e. The van der Waals surface area contributed by atoms with E-state index in [0.29, 0.717) is 6.20 Å². The first-order chi connectivity index (χ1) is 6.95. The maximum atomic E-state index is 12.1. The average Bonchev–Trinajstić information content (AvgIpc) is 2.17. The van der Waals surface area contributed by atoms with Crippen LogP contribution in [0.15, 0.2) is 18.3 Å². The van der Waals surface area contributed by atoms with Crippen molar-refractivity contribution in [1.29, 1.82) is 0 Å². The van der Waals surface area contributed by atoms with Gasteiger partial charge in [0, 0.05) is 6.20 Å². The number of hydrogen-bond acceptors (Lipinski definition) is 3. The molecule has 1 aromatic rings. The zero-order chi connectivity index (χ0) is 11.5. The molecule has 1 aromatic heterocycles. The average molecular weight is 220 g/mol. The van der Waals surface area contributed by atoms with Gasteiger partial charge in [-0.05, 0) is 12.1 Å². The van der Waals surface area contributed by atoms with Gasteiger partial charge in [0.25, 0.3) is 5.91 Å². The summed E-state index contributed by atoms with van der Waals surface area (Å²) in [6.45, 7) is 0. The van der Waals surface area contributed by atoms with Crippen LogP contribution in [0, 0.1) is 0 Å². The molecular formula is C8H7F3N2O2. The highest BCUT2D eigenvalue weighted by Gasteiger charge is 2.30. The number of nitrogens with zero attached hydrogens (tertiary/aromatic N) is 1. The number of alkyl halides is 3. The van der Waals surface area contributed by atoms with E-state index in [-0.39, 0.29) is 5.69 Å². The molecule has 0 saturated heterocycles. The van der Waals surface area contributed by atoms with Crippen LogP contribution in [0.25, 0.3) is 0 Å². The second-order valence-electron chi connectivity index (χ2n) is 2.57. The minimum Gasteiger partial charge on any atom is -0.277 e. The first kappa shape index (κ1) is 11.4. The summed E-state index contributed by atoms with van der Waals surface area (Å²) < 4.78 is 36.3. The second-order valence-corrected chi connectivity index (χ2v) is 2.57. The summed E-state index contributed by atoms with van der Waals surface area (Å²) in [5, 5.41) is 0. The lowest BCUT2D eigenvalue weighted by Gasteiger charge is -2.06. The fourth-order valence-electron chi connectivity index (χ4n) is 0.841. The molecule has 1 N–H and O–H groups in total. The molecule has 82 valence electrons. The SMILES string of the molecule is CONC(=O)c1ccc(C(F)(F)F)cn1. The molecule has 4 nitrogen and oxygen atoms in total. The number of hydroxylamine groups is 1. The monoisotopic (exact) mass is 220 g/mol. The number of amides is 1. The number of nitrogens with one attached hydrogen (secondary N) is 1. The maximum absolute atomic E-state index is 12.1. The number of pyridine rings is 1. The highest BCUT2D eigenvalue weighted by molar-refractivity contribution is 5.91. The van der Waals surface area contributed by atoms with Gasteiger partial charge >= 0.3 is 6.18 Å². The van der Waals surface area contributed by atoms with E-state index in [1.165, 1.54) is 7.11 Å². The number of hydrogen-bond donors (Lipinski definition) is 1. The normalized spacial score (nSPS) is 11.2. The predicted octanol–water partition coefficient (Wildman–Crippen LogP) is 1.39. The fraction of sp³-hybridized carbons (Fsp3) is 0.250. The van der Waals surface area contributed by atoms with Gasteiger partial charge < -0.3 is 0 Å². The number of halogens is 3. The third kappa shape index (κ3) is 2.91. The van der Waals surface area contributed by atoms with E-state index in [9.17, 15) is 18.0 Å². The van der Waals surface area contributed by atoms with Gasteiger partial charge in [0.15, 0.2) is 0 Å². The van der Waals surface area contributed by atoms with Gasteiger partial charge in [-0.15, -0.1) is 0 Å². The van der Waals surface area contributed by atoms with Crippen LogP contribution in [0.3, 0.4) is 0 Å².